The molecule has 0 spiro atoms. The van der Waals surface area contributed by atoms with E-state index in [1.165, 1.54) is 6.21 Å². The number of hydrogen-bond donors (Lipinski definition) is 1. The van der Waals surface area contributed by atoms with E-state index in [1.807, 2.05) is 20.8 Å². The maximum Gasteiger partial charge on any atom is 0.297 e. The highest BCUT2D eigenvalue weighted by molar-refractivity contribution is 9.10. The van der Waals surface area contributed by atoms with Crippen LogP contribution in [0.3, 0.4) is 0 Å². The van der Waals surface area contributed by atoms with Crippen molar-refractivity contribution in [3.63, 3.8) is 0 Å². The molecule has 0 radical (unpaired) electrons. The summed E-state index contributed by atoms with van der Waals surface area (Å²) in [5.41, 5.74) is 0.277. The van der Waals surface area contributed by atoms with Crippen molar-refractivity contribution in [2.75, 3.05) is 14.2 Å². The highest BCUT2D eigenvalue weighted by Crippen LogP contribution is 2.35. The Morgan fingerprint density at radius 1 is 1.32 bits per heavy atom. The average Bonchev–Trinajstić information content (AvgIpc) is 2.52. The second kappa shape index (κ2) is 7.49. The molecule has 0 unspecified atom stereocenters. The first-order chi connectivity index (χ1) is 11.7. The van der Waals surface area contributed by atoms with Crippen LogP contribution < -0.4 is 15.0 Å². The molecule has 0 saturated carbocycles. The van der Waals surface area contributed by atoms with Crippen molar-refractivity contribution < 1.29 is 9.47 Å². The zero-order valence-electron chi connectivity index (χ0n) is 14.6. The molecule has 1 aromatic heterocycles. The number of rotatable bonds is 4. The summed E-state index contributed by atoms with van der Waals surface area (Å²) >= 11 is 8.55. The fourth-order valence-electron chi connectivity index (χ4n) is 2.12. The van der Waals surface area contributed by atoms with Crippen LogP contribution in [0, 0.1) is 4.77 Å². The molecule has 7 nitrogen and oxygen atoms in total. The highest BCUT2D eigenvalue weighted by Gasteiger charge is 2.21. The van der Waals surface area contributed by atoms with E-state index in [9.17, 15) is 4.79 Å². The van der Waals surface area contributed by atoms with Crippen LogP contribution in [0.25, 0.3) is 0 Å². The number of hydrogen-bond acceptors (Lipinski definition) is 6. The van der Waals surface area contributed by atoms with E-state index in [2.05, 4.69) is 31.2 Å². The van der Waals surface area contributed by atoms with Gasteiger partial charge in [-0.3, -0.25) is 9.89 Å². The molecule has 0 saturated heterocycles. The number of halogens is 1. The maximum atomic E-state index is 12.6. The number of aromatic nitrogens is 3. The maximum absolute atomic E-state index is 12.6. The summed E-state index contributed by atoms with van der Waals surface area (Å²) in [4.78, 5) is 12.6. The zero-order valence-corrected chi connectivity index (χ0v) is 17.0. The number of nitrogens with one attached hydrogen (secondary N) is 1. The Morgan fingerprint density at radius 3 is 2.56 bits per heavy atom. The van der Waals surface area contributed by atoms with Crippen LogP contribution in [0.2, 0.25) is 0 Å². The second-order valence-corrected chi connectivity index (χ2v) is 7.47. The minimum atomic E-state index is -0.430. The number of aromatic amines is 1. The van der Waals surface area contributed by atoms with Crippen molar-refractivity contribution in [2.45, 2.75) is 26.2 Å². The van der Waals surface area contributed by atoms with Gasteiger partial charge in [0.25, 0.3) is 5.56 Å². The lowest BCUT2D eigenvalue weighted by Gasteiger charge is -2.16. The molecule has 1 N–H and O–H groups in total. The molecule has 0 aliphatic rings. The van der Waals surface area contributed by atoms with E-state index >= 15 is 0 Å². The molecule has 2 aromatic rings. The molecule has 9 heteroatoms. The number of nitrogens with zero attached hydrogens (tertiary/aromatic N) is 3. The molecule has 0 aliphatic carbocycles. The predicted octanol–water partition coefficient (Wildman–Crippen LogP) is 3.26. The van der Waals surface area contributed by atoms with Crippen LogP contribution in [0.5, 0.6) is 11.5 Å². The molecule has 25 heavy (non-hydrogen) atoms. The molecule has 0 amide bonds. The van der Waals surface area contributed by atoms with E-state index in [-0.39, 0.29) is 10.3 Å². The van der Waals surface area contributed by atoms with Gasteiger partial charge >= 0.3 is 0 Å². The van der Waals surface area contributed by atoms with E-state index in [0.717, 1.165) is 4.68 Å². The van der Waals surface area contributed by atoms with Gasteiger partial charge in [-0.25, -0.2) is 0 Å². The van der Waals surface area contributed by atoms with Gasteiger partial charge in [0.2, 0.25) is 4.77 Å². The molecule has 0 fully saturated rings. The lowest BCUT2D eigenvalue weighted by molar-refractivity contribution is 0.353. The largest absolute Gasteiger partial charge is 0.493 e. The Bertz CT molecular complexity index is 928. The van der Waals surface area contributed by atoms with E-state index in [1.54, 1.807) is 26.4 Å². The normalized spacial score (nSPS) is 11.8. The van der Waals surface area contributed by atoms with Crippen molar-refractivity contribution in [1.82, 2.24) is 14.9 Å². The zero-order chi connectivity index (χ0) is 18.8. The molecule has 134 valence electrons. The third-order valence-electron chi connectivity index (χ3n) is 3.34. The number of benzene rings is 1. The minimum Gasteiger partial charge on any atom is -0.493 e. The molecular weight excluding hydrogens is 408 g/mol. The van der Waals surface area contributed by atoms with Gasteiger partial charge in [0.1, 0.15) is 5.69 Å². The summed E-state index contributed by atoms with van der Waals surface area (Å²) in [6.07, 6.45) is 1.52. The monoisotopic (exact) mass is 426 g/mol. The average molecular weight is 427 g/mol. The van der Waals surface area contributed by atoms with Gasteiger partial charge in [-0.1, -0.05) is 20.8 Å². The van der Waals surface area contributed by atoms with Crippen molar-refractivity contribution in [3.8, 4) is 11.5 Å². The van der Waals surface area contributed by atoms with Gasteiger partial charge in [-0.15, -0.1) is 0 Å². The number of H-pyrrole nitrogens is 1. The van der Waals surface area contributed by atoms with Crippen LogP contribution in [-0.2, 0) is 5.41 Å². The summed E-state index contributed by atoms with van der Waals surface area (Å²) in [6.45, 7) is 5.69. The van der Waals surface area contributed by atoms with Crippen LogP contribution in [-0.4, -0.2) is 35.3 Å². The molecule has 0 bridgehead atoms. The number of methoxy groups -OCH3 is 2. The quantitative estimate of drug-likeness (QED) is 0.599. The Kier molecular flexibility index (Phi) is 5.79. The third-order valence-corrected chi connectivity index (χ3v) is 4.19. The summed E-state index contributed by atoms with van der Waals surface area (Å²) in [6, 6.07) is 3.55. The standard InChI is InChI=1S/C16H19BrN4O3S/c1-16(2,3)13-14(22)21(15(25)20-19-13)18-8-9-6-10(17)12(24-5)11(7-9)23-4/h6-8H,1-5H3,(H,20,25)/b18-8-. The van der Waals surface area contributed by atoms with Crippen LogP contribution in [0.1, 0.15) is 32.0 Å². The van der Waals surface area contributed by atoms with Crippen molar-refractivity contribution in [3.05, 3.63) is 43.0 Å². The van der Waals surface area contributed by atoms with E-state index in [0.29, 0.717) is 27.2 Å². The Balaban J connectivity index is 2.52. The van der Waals surface area contributed by atoms with Gasteiger partial charge in [-0.2, -0.15) is 14.9 Å². The third kappa shape index (κ3) is 4.16. The highest BCUT2D eigenvalue weighted by atomic mass is 79.9. The first kappa shape index (κ1) is 19.3. The fourth-order valence-corrected chi connectivity index (χ4v) is 2.92. The predicted molar refractivity (Wildman–Crippen MR) is 103 cm³/mol. The van der Waals surface area contributed by atoms with E-state index in [4.69, 9.17) is 21.7 Å². The SMILES string of the molecule is COc1cc(/C=N\n2c(=S)[nH]nc(C(C)(C)C)c2=O)cc(Br)c1OC. The van der Waals surface area contributed by atoms with Crippen molar-refractivity contribution in [1.29, 1.82) is 0 Å². The van der Waals surface area contributed by atoms with Gasteiger partial charge in [0, 0.05) is 5.41 Å². The Hall–Kier alpha value is -2.00. The van der Waals surface area contributed by atoms with Crippen molar-refractivity contribution in [2.24, 2.45) is 5.10 Å². The molecule has 2 rings (SSSR count). The van der Waals surface area contributed by atoms with E-state index < -0.39 is 5.41 Å². The fraction of sp³-hybridized carbons (Fsp3) is 0.375. The van der Waals surface area contributed by atoms with Gasteiger partial charge in [0.05, 0.1) is 24.9 Å². The number of ether oxygens (including phenoxy) is 2. The first-order valence-corrected chi connectivity index (χ1v) is 8.57. The van der Waals surface area contributed by atoms with Crippen LogP contribution in [0.15, 0.2) is 26.5 Å². The lowest BCUT2D eigenvalue weighted by atomic mass is 9.93. The summed E-state index contributed by atoms with van der Waals surface area (Å²) in [5, 5.41) is 10.9. The minimum absolute atomic E-state index is 0.119. The molecule has 0 aliphatic heterocycles. The Labute approximate surface area is 158 Å². The smallest absolute Gasteiger partial charge is 0.297 e. The molecule has 1 heterocycles. The van der Waals surface area contributed by atoms with Gasteiger partial charge in [-0.05, 0) is 45.8 Å². The lowest BCUT2D eigenvalue weighted by Crippen LogP contribution is -2.32. The second-order valence-electron chi connectivity index (χ2n) is 6.23. The van der Waals surface area contributed by atoms with Crippen LogP contribution in [0.4, 0.5) is 0 Å². The summed E-state index contributed by atoms with van der Waals surface area (Å²) < 4.78 is 12.5. The molecular formula is C16H19BrN4O3S. The first-order valence-electron chi connectivity index (χ1n) is 7.37. The molecule has 1 aromatic carbocycles. The Morgan fingerprint density at radius 2 is 2.00 bits per heavy atom. The summed E-state index contributed by atoms with van der Waals surface area (Å²) in [7, 11) is 3.10. The topological polar surface area (TPSA) is 81.5 Å². The molecule has 0 atom stereocenters. The summed E-state index contributed by atoms with van der Waals surface area (Å²) in [5.74, 6) is 1.12. The van der Waals surface area contributed by atoms with Crippen LogP contribution >= 0.6 is 28.1 Å². The van der Waals surface area contributed by atoms with Gasteiger partial charge in [0.15, 0.2) is 11.5 Å². The van der Waals surface area contributed by atoms with Crippen molar-refractivity contribution >= 4 is 34.4 Å². The van der Waals surface area contributed by atoms with Gasteiger partial charge < -0.3 is 9.47 Å².